The third-order valence-corrected chi connectivity index (χ3v) is 3.03. The molecule has 1 aromatic carbocycles. The Morgan fingerprint density at radius 3 is 2.71 bits per heavy atom. The number of nitrogens with two attached hydrogens (primary N) is 1. The number of hydrogen-bond donors (Lipinski definition) is 2. The average Bonchev–Trinajstić information content (AvgIpc) is 2.11. The highest BCUT2D eigenvalue weighted by molar-refractivity contribution is 9.11. The van der Waals surface area contributed by atoms with Gasteiger partial charge in [0.05, 0.1) is 0 Å². The van der Waals surface area contributed by atoms with Gasteiger partial charge in [-0.15, -0.1) is 0 Å². The molecule has 1 rings (SSSR count). The van der Waals surface area contributed by atoms with Gasteiger partial charge in [0.2, 0.25) is 0 Å². The maximum Gasteiger partial charge on any atom is 0.320 e. The summed E-state index contributed by atoms with van der Waals surface area (Å²) in [6, 6.07) is 4.72. The van der Waals surface area contributed by atoms with Crippen molar-refractivity contribution in [1.82, 2.24) is 0 Å². The Morgan fingerprint density at radius 2 is 2.14 bits per heavy atom. The smallest absolute Gasteiger partial charge is 0.320 e. The van der Waals surface area contributed by atoms with E-state index in [-0.39, 0.29) is 0 Å². The molecule has 0 saturated heterocycles. The van der Waals surface area contributed by atoms with Crippen LogP contribution >= 0.6 is 31.9 Å². The maximum absolute atomic E-state index is 10.5. The van der Waals surface area contributed by atoms with Crippen molar-refractivity contribution in [2.45, 2.75) is 12.5 Å². The van der Waals surface area contributed by atoms with Crippen LogP contribution in [0.1, 0.15) is 5.56 Å². The third-order valence-electron chi connectivity index (χ3n) is 1.76. The minimum absolute atomic E-state index is 0.315. The van der Waals surface area contributed by atoms with Crippen molar-refractivity contribution in [1.29, 1.82) is 0 Å². The summed E-state index contributed by atoms with van der Waals surface area (Å²) in [5.74, 6) is -0.989. The summed E-state index contributed by atoms with van der Waals surface area (Å²) in [4.78, 5) is 10.5. The second-order valence-corrected chi connectivity index (χ2v) is 4.65. The van der Waals surface area contributed by atoms with Crippen LogP contribution < -0.4 is 5.73 Å². The number of benzene rings is 1. The Labute approximate surface area is 98.6 Å². The molecule has 0 radical (unpaired) electrons. The second-order valence-electron chi connectivity index (χ2n) is 2.88. The van der Waals surface area contributed by atoms with E-state index in [1.165, 1.54) is 0 Å². The predicted octanol–water partition coefficient (Wildman–Crippen LogP) is 2.17. The van der Waals surface area contributed by atoms with Gasteiger partial charge in [0.15, 0.2) is 0 Å². The molecule has 0 aromatic heterocycles. The van der Waals surface area contributed by atoms with Crippen LogP contribution in [0.25, 0.3) is 0 Å². The highest BCUT2D eigenvalue weighted by Gasteiger charge is 2.13. The van der Waals surface area contributed by atoms with Crippen molar-refractivity contribution in [3.8, 4) is 0 Å². The molecule has 1 atom stereocenters. The van der Waals surface area contributed by atoms with Crippen LogP contribution in [0.2, 0.25) is 0 Å². The van der Waals surface area contributed by atoms with E-state index in [2.05, 4.69) is 31.9 Å². The fraction of sp³-hybridized carbons (Fsp3) is 0.222. The van der Waals surface area contributed by atoms with Crippen molar-refractivity contribution >= 4 is 37.8 Å². The molecule has 5 heteroatoms. The number of hydrogen-bond acceptors (Lipinski definition) is 2. The Bertz CT molecular complexity index is 355. The number of aliphatic carboxylic acids is 1. The number of carboxylic acids is 1. The average molecular weight is 323 g/mol. The van der Waals surface area contributed by atoms with Gasteiger partial charge < -0.3 is 10.8 Å². The SMILES string of the molecule is N[C@H](Cc1cc(Br)ccc1Br)C(=O)O. The lowest BCUT2D eigenvalue weighted by atomic mass is 10.1. The highest BCUT2D eigenvalue weighted by Crippen LogP contribution is 2.22. The summed E-state index contributed by atoms with van der Waals surface area (Å²) in [6.07, 6.45) is 0.315. The lowest BCUT2D eigenvalue weighted by molar-refractivity contribution is -0.138. The summed E-state index contributed by atoms with van der Waals surface area (Å²) in [6.45, 7) is 0. The standard InChI is InChI=1S/C9H9Br2NO2/c10-6-1-2-7(11)5(3-6)4-8(12)9(13)14/h1-3,8H,4,12H2,(H,13,14)/t8-/m1/s1. The van der Waals surface area contributed by atoms with E-state index < -0.39 is 12.0 Å². The van der Waals surface area contributed by atoms with Gasteiger partial charge in [-0.2, -0.15) is 0 Å². The topological polar surface area (TPSA) is 63.3 Å². The number of halogens is 2. The first kappa shape index (κ1) is 11.7. The van der Waals surface area contributed by atoms with Gasteiger partial charge in [-0.1, -0.05) is 31.9 Å². The highest BCUT2D eigenvalue weighted by atomic mass is 79.9. The number of rotatable bonds is 3. The fourth-order valence-corrected chi connectivity index (χ4v) is 1.84. The minimum Gasteiger partial charge on any atom is -0.480 e. The van der Waals surface area contributed by atoms with Crippen LogP contribution in [0.15, 0.2) is 27.1 Å². The molecule has 76 valence electrons. The second kappa shape index (κ2) is 4.91. The third kappa shape index (κ3) is 3.08. The molecule has 0 heterocycles. The first-order valence-corrected chi connectivity index (χ1v) is 5.51. The van der Waals surface area contributed by atoms with Crippen molar-refractivity contribution < 1.29 is 9.90 Å². The van der Waals surface area contributed by atoms with Gasteiger partial charge in [-0.05, 0) is 30.2 Å². The molecule has 0 aliphatic carbocycles. The monoisotopic (exact) mass is 321 g/mol. The summed E-state index contributed by atoms with van der Waals surface area (Å²) in [5.41, 5.74) is 6.32. The van der Waals surface area contributed by atoms with Gasteiger partial charge in [0.1, 0.15) is 6.04 Å². The molecule has 0 spiro atoms. The first-order valence-electron chi connectivity index (χ1n) is 3.93. The van der Waals surface area contributed by atoms with Gasteiger partial charge in [-0.25, -0.2) is 0 Å². The van der Waals surface area contributed by atoms with Crippen LogP contribution in [-0.4, -0.2) is 17.1 Å². The van der Waals surface area contributed by atoms with Crippen LogP contribution in [0.3, 0.4) is 0 Å². The van der Waals surface area contributed by atoms with E-state index in [9.17, 15) is 4.79 Å². The predicted molar refractivity (Wildman–Crippen MR) is 61.2 cm³/mol. The molecule has 0 bridgehead atoms. The lowest BCUT2D eigenvalue weighted by Crippen LogP contribution is -2.32. The van der Waals surface area contributed by atoms with Gasteiger partial charge >= 0.3 is 5.97 Å². The normalized spacial score (nSPS) is 12.5. The molecule has 3 nitrogen and oxygen atoms in total. The largest absolute Gasteiger partial charge is 0.480 e. The Morgan fingerprint density at radius 1 is 1.50 bits per heavy atom. The van der Waals surface area contributed by atoms with E-state index in [1.807, 2.05) is 18.2 Å². The van der Waals surface area contributed by atoms with Crippen molar-refractivity contribution in [2.75, 3.05) is 0 Å². The van der Waals surface area contributed by atoms with Gasteiger partial charge in [0.25, 0.3) is 0 Å². The Hall–Kier alpha value is -0.390. The van der Waals surface area contributed by atoms with E-state index in [1.54, 1.807) is 0 Å². The lowest BCUT2D eigenvalue weighted by Gasteiger charge is -2.08. The van der Waals surface area contributed by atoms with Crippen LogP contribution in [-0.2, 0) is 11.2 Å². The molecule has 1 aromatic rings. The van der Waals surface area contributed by atoms with E-state index in [0.29, 0.717) is 6.42 Å². The molecule has 0 amide bonds. The first-order chi connectivity index (χ1) is 6.50. The van der Waals surface area contributed by atoms with Gasteiger partial charge in [0, 0.05) is 8.95 Å². The Balaban J connectivity index is 2.85. The summed E-state index contributed by atoms with van der Waals surface area (Å²) < 4.78 is 1.78. The minimum atomic E-state index is -0.989. The van der Waals surface area contributed by atoms with Crippen molar-refractivity contribution in [3.63, 3.8) is 0 Å². The van der Waals surface area contributed by atoms with E-state index >= 15 is 0 Å². The quantitative estimate of drug-likeness (QED) is 0.896. The molecule has 0 saturated carbocycles. The molecule has 3 N–H and O–H groups in total. The van der Waals surface area contributed by atoms with E-state index in [4.69, 9.17) is 10.8 Å². The molecule has 0 fully saturated rings. The maximum atomic E-state index is 10.5. The van der Waals surface area contributed by atoms with E-state index in [0.717, 1.165) is 14.5 Å². The van der Waals surface area contributed by atoms with Crippen LogP contribution in [0.4, 0.5) is 0 Å². The Kier molecular flexibility index (Phi) is 4.10. The zero-order chi connectivity index (χ0) is 10.7. The summed E-state index contributed by atoms with van der Waals surface area (Å²) in [7, 11) is 0. The zero-order valence-electron chi connectivity index (χ0n) is 7.21. The molecule has 14 heavy (non-hydrogen) atoms. The number of carboxylic acid groups (broad SMARTS) is 1. The van der Waals surface area contributed by atoms with Gasteiger partial charge in [-0.3, -0.25) is 4.79 Å². The van der Waals surface area contributed by atoms with Crippen molar-refractivity contribution in [3.05, 3.63) is 32.7 Å². The molecular formula is C9H9Br2NO2. The summed E-state index contributed by atoms with van der Waals surface area (Å²) in [5, 5.41) is 8.65. The fourth-order valence-electron chi connectivity index (χ4n) is 1.02. The molecule has 0 aliphatic heterocycles. The van der Waals surface area contributed by atoms with Crippen LogP contribution in [0.5, 0.6) is 0 Å². The molecular weight excluding hydrogens is 314 g/mol. The van der Waals surface area contributed by atoms with Crippen LogP contribution in [0, 0.1) is 0 Å². The number of carbonyl (C=O) groups is 1. The molecule has 0 unspecified atom stereocenters. The molecule has 0 aliphatic rings. The summed E-state index contributed by atoms with van der Waals surface area (Å²) >= 11 is 6.65. The van der Waals surface area contributed by atoms with Crippen molar-refractivity contribution in [2.24, 2.45) is 5.73 Å². The zero-order valence-corrected chi connectivity index (χ0v) is 10.4.